The van der Waals surface area contributed by atoms with Crippen LogP contribution in [0.15, 0.2) is 24.3 Å². The first-order chi connectivity index (χ1) is 10.0. The van der Waals surface area contributed by atoms with Crippen molar-refractivity contribution in [1.29, 1.82) is 0 Å². The van der Waals surface area contributed by atoms with Crippen molar-refractivity contribution >= 4 is 17.5 Å². The van der Waals surface area contributed by atoms with Crippen LogP contribution >= 0.6 is 11.6 Å². The fraction of sp³-hybridized carbons (Fsp3) is 0.588. The van der Waals surface area contributed by atoms with Gasteiger partial charge in [0.05, 0.1) is 11.0 Å². The summed E-state index contributed by atoms with van der Waals surface area (Å²) in [5, 5.41) is 14.2. The van der Waals surface area contributed by atoms with Gasteiger partial charge in [0, 0.05) is 11.6 Å². The molecular formula is C17H22ClNO2. The Morgan fingerprint density at radius 2 is 1.71 bits per heavy atom. The molecule has 2 fully saturated rings. The molecule has 21 heavy (non-hydrogen) atoms. The van der Waals surface area contributed by atoms with Crippen LogP contribution in [0.5, 0.6) is 0 Å². The van der Waals surface area contributed by atoms with Gasteiger partial charge >= 0.3 is 0 Å². The van der Waals surface area contributed by atoms with E-state index < -0.39 is 11.0 Å². The average Bonchev–Trinajstić information content (AvgIpc) is 3.28. The number of amides is 1. The van der Waals surface area contributed by atoms with Gasteiger partial charge in [-0.25, -0.2) is 0 Å². The van der Waals surface area contributed by atoms with Crippen LogP contribution in [0.4, 0.5) is 0 Å². The Kier molecular flexibility index (Phi) is 3.98. The molecule has 2 saturated carbocycles. The van der Waals surface area contributed by atoms with Crippen LogP contribution in [0.25, 0.3) is 0 Å². The van der Waals surface area contributed by atoms with E-state index in [4.69, 9.17) is 11.6 Å². The van der Waals surface area contributed by atoms with E-state index in [0.29, 0.717) is 11.6 Å². The van der Waals surface area contributed by atoms with Crippen molar-refractivity contribution in [2.45, 2.75) is 56.0 Å². The summed E-state index contributed by atoms with van der Waals surface area (Å²) in [5.74, 6) is 0.0452. The molecule has 3 nitrogen and oxygen atoms in total. The van der Waals surface area contributed by atoms with Crippen molar-refractivity contribution in [3.63, 3.8) is 0 Å². The molecule has 0 aliphatic heterocycles. The maximum Gasteiger partial charge on any atom is 0.230 e. The number of rotatable bonds is 4. The topological polar surface area (TPSA) is 49.3 Å². The minimum absolute atomic E-state index is 0.0452. The van der Waals surface area contributed by atoms with Crippen molar-refractivity contribution in [3.05, 3.63) is 34.9 Å². The number of hydrogen-bond acceptors (Lipinski definition) is 2. The second kappa shape index (κ2) is 5.62. The van der Waals surface area contributed by atoms with Crippen LogP contribution in [0.1, 0.15) is 50.5 Å². The van der Waals surface area contributed by atoms with E-state index in [-0.39, 0.29) is 5.91 Å². The number of nitrogens with one attached hydrogen (secondary N) is 1. The van der Waals surface area contributed by atoms with E-state index >= 15 is 0 Å². The van der Waals surface area contributed by atoms with E-state index in [2.05, 4.69) is 5.32 Å². The summed E-state index contributed by atoms with van der Waals surface area (Å²) in [6.07, 6.45) is 6.62. The van der Waals surface area contributed by atoms with Crippen molar-refractivity contribution in [2.75, 3.05) is 6.54 Å². The summed E-state index contributed by atoms with van der Waals surface area (Å²) in [5.41, 5.74) is -0.0698. The first-order valence-electron chi connectivity index (χ1n) is 7.81. The molecule has 0 unspecified atom stereocenters. The van der Waals surface area contributed by atoms with Gasteiger partial charge in [0.15, 0.2) is 0 Å². The monoisotopic (exact) mass is 307 g/mol. The second-order valence-electron chi connectivity index (χ2n) is 6.56. The second-order valence-corrected chi connectivity index (χ2v) is 6.99. The minimum Gasteiger partial charge on any atom is -0.388 e. The van der Waals surface area contributed by atoms with Gasteiger partial charge in [-0.15, -0.1) is 0 Å². The lowest BCUT2D eigenvalue weighted by molar-refractivity contribution is -0.125. The lowest BCUT2D eigenvalue weighted by Crippen LogP contribution is -2.47. The standard InChI is InChI=1S/C17H22ClNO2/c18-14-6-4-13(5-7-14)17(10-11-17)15(20)19-12-16(21)8-2-1-3-9-16/h4-7,21H,1-3,8-12H2,(H,19,20). The zero-order chi connectivity index (χ0) is 14.9. The SMILES string of the molecule is O=C(NCC1(O)CCCCC1)C1(c2ccc(Cl)cc2)CC1. The Hall–Kier alpha value is -1.06. The maximum atomic E-state index is 12.5. The first-order valence-corrected chi connectivity index (χ1v) is 8.19. The molecule has 1 amide bonds. The number of aliphatic hydroxyl groups is 1. The molecule has 0 atom stereocenters. The Bertz CT molecular complexity index is 516. The fourth-order valence-corrected chi connectivity index (χ4v) is 3.47. The Morgan fingerprint density at radius 3 is 2.29 bits per heavy atom. The Morgan fingerprint density at radius 1 is 1.10 bits per heavy atom. The van der Waals surface area contributed by atoms with Gasteiger partial charge in [-0.05, 0) is 43.4 Å². The van der Waals surface area contributed by atoms with Gasteiger partial charge in [0.2, 0.25) is 5.91 Å². The minimum atomic E-state index is -0.704. The van der Waals surface area contributed by atoms with E-state index in [9.17, 15) is 9.90 Å². The highest BCUT2D eigenvalue weighted by Crippen LogP contribution is 2.48. The molecule has 0 radical (unpaired) electrons. The highest BCUT2D eigenvalue weighted by Gasteiger charge is 2.51. The van der Waals surface area contributed by atoms with Gasteiger partial charge in [-0.3, -0.25) is 4.79 Å². The molecule has 0 saturated heterocycles. The van der Waals surface area contributed by atoms with Crippen LogP contribution in [0, 0.1) is 0 Å². The quantitative estimate of drug-likeness (QED) is 0.897. The Balaban J connectivity index is 1.63. The number of carbonyl (C=O) groups is 1. The van der Waals surface area contributed by atoms with Crippen LogP contribution < -0.4 is 5.32 Å². The maximum absolute atomic E-state index is 12.5. The molecule has 0 bridgehead atoms. The molecule has 0 spiro atoms. The first kappa shape index (κ1) is 14.9. The smallest absolute Gasteiger partial charge is 0.230 e. The van der Waals surface area contributed by atoms with Crippen molar-refractivity contribution in [1.82, 2.24) is 5.32 Å². The van der Waals surface area contributed by atoms with Crippen LogP contribution in [-0.2, 0) is 10.2 Å². The molecule has 1 aromatic rings. The van der Waals surface area contributed by atoms with Gasteiger partial charge in [-0.1, -0.05) is 43.0 Å². The summed E-state index contributed by atoms with van der Waals surface area (Å²) in [4.78, 5) is 12.5. The fourth-order valence-electron chi connectivity index (χ4n) is 3.34. The number of halogens is 1. The molecule has 3 rings (SSSR count). The van der Waals surface area contributed by atoms with E-state index in [0.717, 1.165) is 44.1 Å². The lowest BCUT2D eigenvalue weighted by atomic mass is 9.84. The zero-order valence-corrected chi connectivity index (χ0v) is 13.0. The van der Waals surface area contributed by atoms with Crippen LogP contribution in [-0.4, -0.2) is 23.2 Å². The number of carbonyl (C=O) groups excluding carboxylic acids is 1. The van der Waals surface area contributed by atoms with Gasteiger partial charge in [-0.2, -0.15) is 0 Å². The van der Waals surface area contributed by atoms with Gasteiger partial charge in [0.25, 0.3) is 0 Å². The lowest BCUT2D eigenvalue weighted by Gasteiger charge is -2.32. The summed E-state index contributed by atoms with van der Waals surface area (Å²) in [6.45, 7) is 0.376. The number of hydrogen-bond donors (Lipinski definition) is 2. The van der Waals surface area contributed by atoms with Crippen molar-refractivity contribution < 1.29 is 9.90 Å². The van der Waals surface area contributed by atoms with E-state index in [1.165, 1.54) is 6.42 Å². The molecular weight excluding hydrogens is 286 g/mol. The zero-order valence-electron chi connectivity index (χ0n) is 12.2. The predicted octanol–water partition coefficient (Wildman–Crippen LogP) is 3.18. The van der Waals surface area contributed by atoms with E-state index in [1.54, 1.807) is 0 Å². The van der Waals surface area contributed by atoms with Crippen LogP contribution in [0.3, 0.4) is 0 Å². The molecule has 2 aliphatic rings. The third-order valence-corrected chi connectivity index (χ3v) is 5.20. The highest BCUT2D eigenvalue weighted by molar-refractivity contribution is 6.30. The normalized spacial score (nSPS) is 22.6. The predicted molar refractivity (Wildman–Crippen MR) is 83.4 cm³/mol. The summed E-state index contributed by atoms with van der Waals surface area (Å²) in [7, 11) is 0. The highest BCUT2D eigenvalue weighted by atomic mass is 35.5. The molecule has 4 heteroatoms. The molecule has 114 valence electrons. The molecule has 1 aromatic carbocycles. The third kappa shape index (κ3) is 3.09. The molecule has 0 aromatic heterocycles. The van der Waals surface area contributed by atoms with Crippen molar-refractivity contribution in [2.24, 2.45) is 0 Å². The summed E-state index contributed by atoms with van der Waals surface area (Å²) in [6, 6.07) is 7.53. The Labute approximate surface area is 130 Å². The number of benzene rings is 1. The summed E-state index contributed by atoms with van der Waals surface area (Å²) < 4.78 is 0. The molecule has 2 aliphatic carbocycles. The summed E-state index contributed by atoms with van der Waals surface area (Å²) >= 11 is 5.91. The largest absolute Gasteiger partial charge is 0.388 e. The van der Waals surface area contributed by atoms with Crippen molar-refractivity contribution in [3.8, 4) is 0 Å². The van der Waals surface area contributed by atoms with Gasteiger partial charge < -0.3 is 10.4 Å². The van der Waals surface area contributed by atoms with Gasteiger partial charge in [0.1, 0.15) is 0 Å². The average molecular weight is 308 g/mol. The van der Waals surface area contributed by atoms with E-state index in [1.807, 2.05) is 24.3 Å². The molecule has 2 N–H and O–H groups in total. The third-order valence-electron chi connectivity index (χ3n) is 4.94. The molecule has 0 heterocycles. The van der Waals surface area contributed by atoms with Crippen LogP contribution in [0.2, 0.25) is 5.02 Å².